The van der Waals surface area contributed by atoms with Crippen molar-refractivity contribution in [1.82, 2.24) is 9.78 Å². The molecule has 0 aliphatic heterocycles. The molecule has 0 saturated heterocycles. The quantitative estimate of drug-likeness (QED) is 0.907. The van der Waals surface area contributed by atoms with E-state index in [1.165, 1.54) is 21.3 Å². The van der Waals surface area contributed by atoms with Crippen LogP contribution in [0.15, 0.2) is 41.6 Å². The molecular formula is C14H20N4O2S. The van der Waals surface area contributed by atoms with E-state index in [4.69, 9.17) is 5.73 Å². The molecule has 0 spiro atoms. The van der Waals surface area contributed by atoms with Gasteiger partial charge in [0.2, 0.25) is 0 Å². The van der Waals surface area contributed by atoms with E-state index in [1.54, 1.807) is 19.2 Å². The van der Waals surface area contributed by atoms with Gasteiger partial charge in [-0.3, -0.25) is 8.99 Å². The maximum Gasteiger partial charge on any atom is 0.281 e. The fourth-order valence-corrected chi connectivity index (χ4v) is 3.98. The molecule has 21 heavy (non-hydrogen) atoms. The first kappa shape index (κ1) is 15.5. The highest BCUT2D eigenvalue weighted by Gasteiger charge is 2.29. The Bertz CT molecular complexity index is 705. The lowest BCUT2D eigenvalue weighted by Gasteiger charge is -2.28. The Hall–Kier alpha value is -1.86. The number of aromatic nitrogens is 2. The van der Waals surface area contributed by atoms with E-state index in [0.29, 0.717) is 12.2 Å². The van der Waals surface area contributed by atoms with Gasteiger partial charge in [0.25, 0.3) is 10.0 Å². The summed E-state index contributed by atoms with van der Waals surface area (Å²) in [5, 5.41) is 4.11. The number of aryl methyl sites for hydroxylation is 1. The van der Waals surface area contributed by atoms with Crippen LogP contribution in [0.4, 0.5) is 5.69 Å². The molecule has 2 rings (SSSR count). The molecule has 2 N–H and O–H groups in total. The molecule has 0 amide bonds. The predicted octanol–water partition coefficient (Wildman–Crippen LogP) is 1.48. The van der Waals surface area contributed by atoms with Crippen LogP contribution in [-0.4, -0.2) is 24.2 Å². The Morgan fingerprint density at radius 1 is 1.24 bits per heavy atom. The molecule has 2 aromatic rings. The Morgan fingerprint density at radius 3 is 2.29 bits per heavy atom. The van der Waals surface area contributed by atoms with Crippen molar-refractivity contribution in [2.75, 3.05) is 4.31 Å². The minimum atomic E-state index is -3.66. The van der Waals surface area contributed by atoms with Crippen molar-refractivity contribution < 1.29 is 8.42 Å². The third-order valence-electron chi connectivity index (χ3n) is 3.19. The van der Waals surface area contributed by atoms with Crippen LogP contribution in [-0.2, 0) is 23.6 Å². The third-order valence-corrected chi connectivity index (χ3v) is 5.27. The minimum Gasteiger partial charge on any atom is -0.326 e. The van der Waals surface area contributed by atoms with Gasteiger partial charge in [0, 0.05) is 19.6 Å². The van der Waals surface area contributed by atoms with Gasteiger partial charge in [0.15, 0.2) is 5.03 Å². The zero-order chi connectivity index (χ0) is 15.6. The van der Waals surface area contributed by atoms with Crippen molar-refractivity contribution in [2.45, 2.75) is 31.5 Å². The second-order valence-electron chi connectivity index (χ2n) is 5.06. The van der Waals surface area contributed by atoms with Crippen LogP contribution >= 0.6 is 0 Å². The summed E-state index contributed by atoms with van der Waals surface area (Å²) in [4.78, 5) is 0. The largest absolute Gasteiger partial charge is 0.326 e. The average Bonchev–Trinajstić information content (AvgIpc) is 2.86. The zero-order valence-corrected chi connectivity index (χ0v) is 13.2. The van der Waals surface area contributed by atoms with Gasteiger partial charge in [0.1, 0.15) is 0 Å². The van der Waals surface area contributed by atoms with Crippen LogP contribution < -0.4 is 10.0 Å². The molecule has 0 bridgehead atoms. The van der Waals surface area contributed by atoms with Crippen molar-refractivity contribution >= 4 is 15.7 Å². The standard InChI is InChI=1S/C14H20N4O2S/c1-11(2)18(13-6-4-12(10-15)5-7-13)21(19,20)14-8-9-16-17(14)3/h4-9,11H,10,15H2,1-3H3. The number of anilines is 1. The Kier molecular flexibility index (Phi) is 4.34. The lowest BCUT2D eigenvalue weighted by molar-refractivity contribution is 0.566. The van der Waals surface area contributed by atoms with Crippen molar-refractivity contribution in [2.24, 2.45) is 12.8 Å². The highest BCUT2D eigenvalue weighted by molar-refractivity contribution is 7.92. The molecular weight excluding hydrogens is 288 g/mol. The number of hydrogen-bond acceptors (Lipinski definition) is 4. The van der Waals surface area contributed by atoms with Gasteiger partial charge >= 0.3 is 0 Å². The summed E-state index contributed by atoms with van der Waals surface area (Å²) in [5.74, 6) is 0. The molecule has 1 aromatic heterocycles. The van der Waals surface area contributed by atoms with Crippen LogP contribution in [0.25, 0.3) is 0 Å². The van der Waals surface area contributed by atoms with Crippen molar-refractivity contribution in [3.8, 4) is 0 Å². The van der Waals surface area contributed by atoms with Gasteiger partial charge in [0.05, 0.1) is 11.9 Å². The molecule has 7 heteroatoms. The Morgan fingerprint density at radius 2 is 1.86 bits per heavy atom. The number of rotatable bonds is 5. The first-order valence-electron chi connectivity index (χ1n) is 6.69. The van der Waals surface area contributed by atoms with E-state index in [0.717, 1.165) is 5.56 Å². The summed E-state index contributed by atoms with van der Waals surface area (Å²) < 4.78 is 28.5. The van der Waals surface area contributed by atoms with E-state index in [1.807, 2.05) is 26.0 Å². The highest BCUT2D eigenvalue weighted by Crippen LogP contribution is 2.26. The normalized spacial score (nSPS) is 11.9. The van der Waals surface area contributed by atoms with Crippen LogP contribution in [0.5, 0.6) is 0 Å². The van der Waals surface area contributed by atoms with Gasteiger partial charge in [-0.25, -0.2) is 0 Å². The number of nitrogens with zero attached hydrogens (tertiary/aromatic N) is 3. The van der Waals surface area contributed by atoms with E-state index >= 15 is 0 Å². The van der Waals surface area contributed by atoms with Crippen LogP contribution in [0, 0.1) is 0 Å². The summed E-state index contributed by atoms with van der Waals surface area (Å²) in [5.41, 5.74) is 7.15. The van der Waals surface area contributed by atoms with E-state index in [2.05, 4.69) is 5.10 Å². The van der Waals surface area contributed by atoms with Crippen LogP contribution in [0.2, 0.25) is 0 Å². The molecule has 0 atom stereocenters. The van der Waals surface area contributed by atoms with Crippen molar-refractivity contribution in [3.05, 3.63) is 42.1 Å². The fourth-order valence-electron chi connectivity index (χ4n) is 2.21. The highest BCUT2D eigenvalue weighted by atomic mass is 32.2. The first-order valence-corrected chi connectivity index (χ1v) is 8.13. The first-order chi connectivity index (χ1) is 9.87. The van der Waals surface area contributed by atoms with E-state index < -0.39 is 10.0 Å². The third kappa shape index (κ3) is 2.93. The number of sulfonamides is 1. The molecule has 0 fully saturated rings. The van der Waals surface area contributed by atoms with Gasteiger partial charge in [-0.05, 0) is 37.6 Å². The van der Waals surface area contributed by atoms with E-state index in [-0.39, 0.29) is 11.1 Å². The molecule has 0 aliphatic rings. The van der Waals surface area contributed by atoms with Gasteiger partial charge in [-0.1, -0.05) is 12.1 Å². The second kappa shape index (κ2) is 5.87. The van der Waals surface area contributed by atoms with Gasteiger partial charge in [-0.15, -0.1) is 0 Å². The smallest absolute Gasteiger partial charge is 0.281 e. The Labute approximate surface area is 125 Å². The molecule has 1 heterocycles. The van der Waals surface area contributed by atoms with Crippen LogP contribution in [0.1, 0.15) is 19.4 Å². The SMILES string of the molecule is CC(C)N(c1ccc(CN)cc1)S(=O)(=O)c1ccnn1C. The molecule has 0 unspecified atom stereocenters. The van der Waals surface area contributed by atoms with Crippen molar-refractivity contribution in [1.29, 1.82) is 0 Å². The van der Waals surface area contributed by atoms with Gasteiger partial charge in [-0.2, -0.15) is 13.5 Å². The van der Waals surface area contributed by atoms with Gasteiger partial charge < -0.3 is 5.73 Å². The average molecular weight is 308 g/mol. The molecule has 6 nitrogen and oxygen atoms in total. The lowest BCUT2D eigenvalue weighted by atomic mass is 10.2. The van der Waals surface area contributed by atoms with E-state index in [9.17, 15) is 8.42 Å². The maximum atomic E-state index is 12.9. The molecule has 0 radical (unpaired) electrons. The second-order valence-corrected chi connectivity index (χ2v) is 6.82. The summed E-state index contributed by atoms with van der Waals surface area (Å²) in [7, 11) is -2.04. The zero-order valence-electron chi connectivity index (χ0n) is 12.4. The summed E-state index contributed by atoms with van der Waals surface area (Å²) in [6, 6.07) is 8.51. The number of hydrogen-bond donors (Lipinski definition) is 1. The topological polar surface area (TPSA) is 81.2 Å². The van der Waals surface area contributed by atoms with Crippen molar-refractivity contribution in [3.63, 3.8) is 0 Å². The molecule has 0 saturated carbocycles. The maximum absolute atomic E-state index is 12.9. The summed E-state index contributed by atoms with van der Waals surface area (Å²) in [6.07, 6.45) is 1.48. The molecule has 114 valence electrons. The Balaban J connectivity index is 2.50. The monoisotopic (exact) mass is 308 g/mol. The predicted molar refractivity (Wildman–Crippen MR) is 82.3 cm³/mol. The molecule has 1 aromatic carbocycles. The minimum absolute atomic E-state index is 0.166. The molecule has 0 aliphatic carbocycles. The fraction of sp³-hybridized carbons (Fsp3) is 0.357. The summed E-state index contributed by atoms with van der Waals surface area (Å²) >= 11 is 0. The van der Waals surface area contributed by atoms with Crippen LogP contribution in [0.3, 0.4) is 0 Å². The number of nitrogens with two attached hydrogens (primary N) is 1. The summed E-state index contributed by atoms with van der Waals surface area (Å²) in [6.45, 7) is 4.10. The number of benzene rings is 1. The lowest BCUT2D eigenvalue weighted by Crippen LogP contribution is -2.38.